The maximum Gasteiger partial charge on any atom is 0.271 e. The molecule has 0 radical (unpaired) electrons. The van der Waals surface area contributed by atoms with Crippen LogP contribution in [-0.2, 0) is 19.6 Å². The summed E-state index contributed by atoms with van der Waals surface area (Å²) in [5.74, 6) is -1.06. The average Bonchev–Trinajstić information content (AvgIpc) is 3.27. The Morgan fingerprint density at radius 3 is 2.18 bits per heavy atom. The summed E-state index contributed by atoms with van der Waals surface area (Å²) in [6, 6.07) is 21.0. The maximum absolute atomic E-state index is 12.8. The molecule has 1 aliphatic rings. The minimum atomic E-state index is -3.73. The van der Waals surface area contributed by atoms with Crippen molar-refractivity contribution in [2.24, 2.45) is 10.8 Å². The number of hydrogen-bond donors (Lipinski definition) is 3. The van der Waals surface area contributed by atoms with Crippen LogP contribution in [0.3, 0.4) is 0 Å². The van der Waals surface area contributed by atoms with Gasteiger partial charge in [-0.15, -0.1) is 0 Å². The molecule has 174 valence electrons. The second kappa shape index (κ2) is 9.36. The summed E-state index contributed by atoms with van der Waals surface area (Å²) in [5.41, 5.74) is 8.08. The molecule has 4 rings (SSSR count). The summed E-state index contributed by atoms with van der Waals surface area (Å²) in [6.07, 6.45) is 0.0739. The van der Waals surface area contributed by atoms with E-state index in [9.17, 15) is 18.0 Å². The Balaban J connectivity index is 1.44. The molecule has 0 aliphatic carbocycles. The Morgan fingerprint density at radius 2 is 1.56 bits per heavy atom. The van der Waals surface area contributed by atoms with Gasteiger partial charge in [0.2, 0.25) is 5.91 Å². The summed E-state index contributed by atoms with van der Waals surface area (Å²) >= 11 is 0. The van der Waals surface area contributed by atoms with E-state index in [2.05, 4.69) is 15.1 Å². The number of nitrogens with zero attached hydrogens (tertiary/aromatic N) is 2. The van der Waals surface area contributed by atoms with Crippen LogP contribution in [0.1, 0.15) is 12.0 Å². The SMILES string of the molecule is Cc1ccc(S(=O)(=O)Nc2ccc(NC(=O)C3=NN(c4ccccc4)C(C(N)=O)C3)cc2)cc1. The number of hydrogen-bond acceptors (Lipinski definition) is 6. The zero-order valence-corrected chi connectivity index (χ0v) is 19.1. The lowest BCUT2D eigenvalue weighted by molar-refractivity contribution is -0.119. The molecule has 10 heteroatoms. The first-order valence-corrected chi connectivity index (χ1v) is 11.9. The third-order valence-corrected chi connectivity index (χ3v) is 6.65. The summed E-state index contributed by atoms with van der Waals surface area (Å²) < 4.78 is 27.6. The lowest BCUT2D eigenvalue weighted by Crippen LogP contribution is -2.39. The largest absolute Gasteiger partial charge is 0.368 e. The van der Waals surface area contributed by atoms with Crippen molar-refractivity contribution in [3.63, 3.8) is 0 Å². The number of amides is 2. The molecule has 1 atom stereocenters. The third-order valence-electron chi connectivity index (χ3n) is 5.25. The number of primary amides is 1. The van der Waals surface area contributed by atoms with Crippen LogP contribution in [0.5, 0.6) is 0 Å². The number of aryl methyl sites for hydroxylation is 1. The fourth-order valence-corrected chi connectivity index (χ4v) is 4.50. The second-order valence-electron chi connectivity index (χ2n) is 7.80. The Kier molecular flexibility index (Phi) is 6.33. The van der Waals surface area contributed by atoms with Crippen LogP contribution in [-0.4, -0.2) is 32.0 Å². The molecule has 0 aromatic heterocycles. The van der Waals surface area contributed by atoms with Gasteiger partial charge in [-0.25, -0.2) is 8.42 Å². The number of sulfonamides is 1. The highest BCUT2D eigenvalue weighted by molar-refractivity contribution is 7.92. The highest BCUT2D eigenvalue weighted by atomic mass is 32.2. The van der Waals surface area contributed by atoms with Crippen LogP contribution in [0.25, 0.3) is 0 Å². The van der Waals surface area contributed by atoms with Gasteiger partial charge in [-0.2, -0.15) is 5.10 Å². The van der Waals surface area contributed by atoms with Crippen molar-refractivity contribution in [2.75, 3.05) is 15.0 Å². The highest BCUT2D eigenvalue weighted by Gasteiger charge is 2.34. The Labute approximate surface area is 197 Å². The predicted octanol–water partition coefficient (Wildman–Crippen LogP) is 2.85. The average molecular weight is 478 g/mol. The summed E-state index contributed by atoms with van der Waals surface area (Å²) in [6.45, 7) is 1.88. The summed E-state index contributed by atoms with van der Waals surface area (Å²) in [7, 11) is -3.73. The Bertz CT molecular complexity index is 1340. The maximum atomic E-state index is 12.8. The van der Waals surface area contributed by atoms with Crippen molar-refractivity contribution in [3.05, 3.63) is 84.4 Å². The minimum Gasteiger partial charge on any atom is -0.368 e. The number of nitrogens with two attached hydrogens (primary N) is 1. The van der Waals surface area contributed by atoms with E-state index < -0.39 is 27.9 Å². The van der Waals surface area contributed by atoms with Crippen LogP contribution in [0.4, 0.5) is 17.1 Å². The van der Waals surface area contributed by atoms with E-state index in [0.717, 1.165) is 5.56 Å². The number of hydrazone groups is 1. The summed E-state index contributed by atoms with van der Waals surface area (Å²) in [4.78, 5) is 24.8. The van der Waals surface area contributed by atoms with Crippen LogP contribution in [0, 0.1) is 6.92 Å². The molecule has 0 saturated heterocycles. The molecule has 0 bridgehead atoms. The number of nitrogens with one attached hydrogen (secondary N) is 2. The zero-order chi connectivity index (χ0) is 24.3. The molecule has 9 nitrogen and oxygen atoms in total. The van der Waals surface area contributed by atoms with Crippen molar-refractivity contribution in [3.8, 4) is 0 Å². The molecule has 0 saturated carbocycles. The van der Waals surface area contributed by atoms with Gasteiger partial charge >= 0.3 is 0 Å². The van der Waals surface area contributed by atoms with Crippen LogP contribution in [0.2, 0.25) is 0 Å². The normalized spacial score (nSPS) is 15.5. The van der Waals surface area contributed by atoms with Gasteiger partial charge in [0.15, 0.2) is 0 Å². The van der Waals surface area contributed by atoms with Gasteiger partial charge in [0, 0.05) is 17.8 Å². The first-order valence-electron chi connectivity index (χ1n) is 10.4. The first-order chi connectivity index (χ1) is 16.2. The van der Waals surface area contributed by atoms with Crippen molar-refractivity contribution >= 4 is 44.6 Å². The summed E-state index contributed by atoms with van der Waals surface area (Å²) in [5, 5.41) is 8.47. The van der Waals surface area contributed by atoms with Gasteiger partial charge < -0.3 is 11.1 Å². The molecule has 4 N–H and O–H groups in total. The number of rotatable bonds is 7. The van der Waals surface area contributed by atoms with Crippen LogP contribution in [0.15, 0.2) is 88.9 Å². The molecule has 1 aliphatic heterocycles. The molecule has 34 heavy (non-hydrogen) atoms. The number of para-hydroxylation sites is 1. The molecule has 0 spiro atoms. The predicted molar refractivity (Wildman–Crippen MR) is 131 cm³/mol. The number of benzene rings is 3. The standard InChI is InChI=1S/C24H23N5O4S/c1-16-7-13-20(14-8-16)34(32,33)28-18-11-9-17(10-12-18)26-24(31)21-15-22(23(25)30)29(27-21)19-5-3-2-4-6-19/h2-14,22,28H,15H2,1H3,(H2,25,30)(H,26,31). The molecule has 1 heterocycles. The smallest absolute Gasteiger partial charge is 0.271 e. The Hall–Kier alpha value is -4.18. The number of anilines is 3. The lowest BCUT2D eigenvalue weighted by Gasteiger charge is -2.20. The van der Waals surface area contributed by atoms with Gasteiger partial charge in [0.05, 0.1) is 10.6 Å². The van der Waals surface area contributed by atoms with E-state index in [4.69, 9.17) is 5.73 Å². The van der Waals surface area contributed by atoms with E-state index in [-0.39, 0.29) is 17.0 Å². The fourth-order valence-electron chi connectivity index (χ4n) is 3.44. The topological polar surface area (TPSA) is 134 Å². The van der Waals surface area contributed by atoms with Crippen molar-refractivity contribution in [2.45, 2.75) is 24.3 Å². The van der Waals surface area contributed by atoms with E-state index in [1.54, 1.807) is 60.7 Å². The van der Waals surface area contributed by atoms with E-state index in [1.165, 1.54) is 17.1 Å². The zero-order valence-electron chi connectivity index (χ0n) is 18.3. The van der Waals surface area contributed by atoms with Gasteiger partial charge in [0.1, 0.15) is 11.8 Å². The molecule has 0 fully saturated rings. The van der Waals surface area contributed by atoms with Gasteiger partial charge in [-0.05, 0) is 55.5 Å². The van der Waals surface area contributed by atoms with Crippen molar-refractivity contribution in [1.82, 2.24) is 0 Å². The number of carbonyl (C=O) groups is 2. The third kappa shape index (κ3) is 5.07. The first kappa shape index (κ1) is 23.0. The van der Waals surface area contributed by atoms with E-state index in [0.29, 0.717) is 17.1 Å². The molecule has 2 amide bonds. The van der Waals surface area contributed by atoms with Crippen molar-refractivity contribution in [1.29, 1.82) is 0 Å². The molecular formula is C24H23N5O4S. The monoisotopic (exact) mass is 477 g/mol. The highest BCUT2D eigenvalue weighted by Crippen LogP contribution is 2.25. The molecule has 1 unspecified atom stereocenters. The quantitative estimate of drug-likeness (QED) is 0.481. The Morgan fingerprint density at radius 1 is 0.941 bits per heavy atom. The van der Waals surface area contributed by atoms with E-state index in [1.807, 2.05) is 13.0 Å². The fraction of sp³-hybridized carbons (Fsp3) is 0.125. The second-order valence-corrected chi connectivity index (χ2v) is 9.48. The molecule has 3 aromatic rings. The van der Waals surface area contributed by atoms with Gasteiger partial charge in [-0.3, -0.25) is 19.3 Å². The lowest BCUT2D eigenvalue weighted by atomic mass is 10.1. The van der Waals surface area contributed by atoms with Crippen molar-refractivity contribution < 1.29 is 18.0 Å². The number of carbonyl (C=O) groups excluding carboxylic acids is 2. The van der Waals surface area contributed by atoms with Crippen LogP contribution >= 0.6 is 0 Å². The van der Waals surface area contributed by atoms with Crippen LogP contribution < -0.4 is 20.8 Å². The minimum absolute atomic E-state index is 0.0739. The van der Waals surface area contributed by atoms with Gasteiger partial charge in [-0.1, -0.05) is 35.9 Å². The molecule has 3 aromatic carbocycles. The molecular weight excluding hydrogens is 454 g/mol. The van der Waals surface area contributed by atoms with E-state index >= 15 is 0 Å². The van der Waals surface area contributed by atoms with Gasteiger partial charge in [0.25, 0.3) is 15.9 Å².